The molecular formula is C13H21N3O2. The van der Waals surface area contributed by atoms with Crippen LogP contribution in [0.5, 0.6) is 5.75 Å². The number of anilines is 1. The number of unbranched alkanes of at least 4 members (excludes halogenated alkanes) is 1. The molecule has 1 amide bonds. The Morgan fingerprint density at radius 3 is 2.94 bits per heavy atom. The van der Waals surface area contributed by atoms with Crippen LogP contribution in [0, 0.1) is 0 Å². The number of aromatic nitrogens is 1. The number of carbonyl (C=O) groups excluding carboxylic acids is 1. The van der Waals surface area contributed by atoms with Crippen molar-refractivity contribution >= 4 is 11.7 Å². The Morgan fingerprint density at radius 1 is 1.50 bits per heavy atom. The SMILES string of the molecule is CC(C)Oc1cccnc1NCCCCC(N)=O. The van der Waals surface area contributed by atoms with Gasteiger partial charge in [0.2, 0.25) is 5.91 Å². The molecule has 18 heavy (non-hydrogen) atoms. The number of nitrogens with zero attached hydrogens (tertiary/aromatic N) is 1. The maximum atomic E-state index is 10.6. The molecule has 0 aliphatic carbocycles. The fourth-order valence-corrected chi connectivity index (χ4v) is 1.50. The molecule has 0 atom stereocenters. The Bertz CT molecular complexity index is 380. The fourth-order valence-electron chi connectivity index (χ4n) is 1.50. The van der Waals surface area contributed by atoms with E-state index in [4.69, 9.17) is 10.5 Å². The normalized spacial score (nSPS) is 10.4. The van der Waals surface area contributed by atoms with E-state index in [2.05, 4.69) is 10.3 Å². The topological polar surface area (TPSA) is 77.2 Å². The highest BCUT2D eigenvalue weighted by atomic mass is 16.5. The summed E-state index contributed by atoms with van der Waals surface area (Å²) in [4.78, 5) is 14.8. The van der Waals surface area contributed by atoms with Crippen LogP contribution < -0.4 is 15.8 Å². The van der Waals surface area contributed by atoms with E-state index in [0.717, 1.165) is 31.0 Å². The van der Waals surface area contributed by atoms with E-state index >= 15 is 0 Å². The zero-order chi connectivity index (χ0) is 13.4. The van der Waals surface area contributed by atoms with E-state index < -0.39 is 0 Å². The molecule has 0 spiro atoms. The van der Waals surface area contributed by atoms with Crippen molar-refractivity contribution in [2.24, 2.45) is 5.73 Å². The van der Waals surface area contributed by atoms with Gasteiger partial charge in [0.05, 0.1) is 6.10 Å². The first-order valence-electron chi connectivity index (χ1n) is 6.23. The van der Waals surface area contributed by atoms with Crippen LogP contribution in [0.4, 0.5) is 5.82 Å². The highest BCUT2D eigenvalue weighted by Crippen LogP contribution is 2.21. The fraction of sp³-hybridized carbons (Fsp3) is 0.538. The number of primary amides is 1. The van der Waals surface area contributed by atoms with Crippen LogP contribution in [0.2, 0.25) is 0 Å². The molecule has 3 N–H and O–H groups in total. The summed E-state index contributed by atoms with van der Waals surface area (Å²) >= 11 is 0. The molecule has 0 fully saturated rings. The molecule has 5 nitrogen and oxygen atoms in total. The molecule has 1 aromatic heterocycles. The van der Waals surface area contributed by atoms with Crippen molar-refractivity contribution in [3.63, 3.8) is 0 Å². The Balaban J connectivity index is 2.39. The van der Waals surface area contributed by atoms with Crippen molar-refractivity contribution in [3.05, 3.63) is 18.3 Å². The number of carbonyl (C=O) groups is 1. The Morgan fingerprint density at radius 2 is 2.28 bits per heavy atom. The summed E-state index contributed by atoms with van der Waals surface area (Å²) in [6, 6.07) is 3.73. The van der Waals surface area contributed by atoms with E-state index in [1.807, 2.05) is 26.0 Å². The first-order chi connectivity index (χ1) is 8.59. The van der Waals surface area contributed by atoms with Gasteiger partial charge >= 0.3 is 0 Å². The summed E-state index contributed by atoms with van der Waals surface area (Å²) in [5.41, 5.74) is 5.07. The number of amides is 1. The van der Waals surface area contributed by atoms with Crippen molar-refractivity contribution < 1.29 is 9.53 Å². The van der Waals surface area contributed by atoms with Gasteiger partial charge in [-0.3, -0.25) is 4.79 Å². The number of nitrogens with one attached hydrogen (secondary N) is 1. The largest absolute Gasteiger partial charge is 0.487 e. The maximum Gasteiger partial charge on any atom is 0.217 e. The average Bonchev–Trinajstić information content (AvgIpc) is 2.29. The molecule has 0 unspecified atom stereocenters. The summed E-state index contributed by atoms with van der Waals surface area (Å²) < 4.78 is 5.64. The van der Waals surface area contributed by atoms with E-state index in [0.29, 0.717) is 6.42 Å². The third-order valence-electron chi connectivity index (χ3n) is 2.28. The second kappa shape index (κ2) is 7.53. The van der Waals surface area contributed by atoms with Gasteiger partial charge in [0, 0.05) is 19.2 Å². The van der Waals surface area contributed by atoms with Gasteiger partial charge in [0.25, 0.3) is 0 Å². The first kappa shape index (κ1) is 14.3. The highest BCUT2D eigenvalue weighted by molar-refractivity contribution is 5.73. The predicted octanol–water partition coefficient (Wildman–Crippen LogP) is 1.94. The Hall–Kier alpha value is -1.78. The van der Waals surface area contributed by atoms with Crippen LogP contribution in [-0.2, 0) is 4.79 Å². The van der Waals surface area contributed by atoms with Crippen molar-refractivity contribution in [2.45, 2.75) is 39.2 Å². The molecule has 0 aliphatic rings. The second-order valence-corrected chi connectivity index (χ2v) is 4.37. The standard InChI is InChI=1S/C13H21N3O2/c1-10(2)18-11-6-5-9-16-13(11)15-8-4-3-7-12(14)17/h5-6,9-10H,3-4,7-8H2,1-2H3,(H2,14,17)(H,15,16). The lowest BCUT2D eigenvalue weighted by molar-refractivity contribution is -0.118. The Kier molecular flexibility index (Phi) is 5.97. The third-order valence-corrected chi connectivity index (χ3v) is 2.28. The van der Waals surface area contributed by atoms with Gasteiger partial charge < -0.3 is 15.8 Å². The van der Waals surface area contributed by atoms with E-state index in [1.54, 1.807) is 6.20 Å². The molecule has 1 heterocycles. The zero-order valence-corrected chi connectivity index (χ0v) is 11.0. The van der Waals surface area contributed by atoms with Crippen LogP contribution in [0.25, 0.3) is 0 Å². The maximum absolute atomic E-state index is 10.6. The molecular weight excluding hydrogens is 230 g/mol. The molecule has 0 radical (unpaired) electrons. The number of pyridine rings is 1. The van der Waals surface area contributed by atoms with Gasteiger partial charge in [0.1, 0.15) is 0 Å². The van der Waals surface area contributed by atoms with Gasteiger partial charge in [0.15, 0.2) is 11.6 Å². The van der Waals surface area contributed by atoms with Gasteiger partial charge in [-0.1, -0.05) is 0 Å². The quantitative estimate of drug-likeness (QED) is 0.692. The molecule has 5 heteroatoms. The molecule has 0 aliphatic heterocycles. The van der Waals surface area contributed by atoms with Crippen molar-refractivity contribution in [3.8, 4) is 5.75 Å². The predicted molar refractivity (Wildman–Crippen MR) is 71.5 cm³/mol. The lowest BCUT2D eigenvalue weighted by atomic mass is 10.2. The molecule has 100 valence electrons. The lowest BCUT2D eigenvalue weighted by Gasteiger charge is -2.14. The number of hydrogen-bond donors (Lipinski definition) is 2. The minimum atomic E-state index is -0.253. The first-order valence-corrected chi connectivity index (χ1v) is 6.23. The number of nitrogens with two attached hydrogens (primary N) is 1. The van der Waals surface area contributed by atoms with Crippen LogP contribution in [0.15, 0.2) is 18.3 Å². The summed E-state index contributed by atoms with van der Waals surface area (Å²) in [5.74, 6) is 1.24. The van der Waals surface area contributed by atoms with Crippen molar-refractivity contribution in [2.75, 3.05) is 11.9 Å². The van der Waals surface area contributed by atoms with E-state index in [-0.39, 0.29) is 12.0 Å². The van der Waals surface area contributed by atoms with Gasteiger partial charge in [-0.15, -0.1) is 0 Å². The van der Waals surface area contributed by atoms with Gasteiger partial charge in [-0.25, -0.2) is 4.98 Å². The minimum Gasteiger partial charge on any atom is -0.487 e. The van der Waals surface area contributed by atoms with Gasteiger partial charge in [-0.2, -0.15) is 0 Å². The van der Waals surface area contributed by atoms with Crippen molar-refractivity contribution in [1.29, 1.82) is 0 Å². The molecule has 1 rings (SSSR count). The average molecular weight is 251 g/mol. The molecule has 0 saturated carbocycles. The van der Waals surface area contributed by atoms with Crippen LogP contribution >= 0.6 is 0 Å². The van der Waals surface area contributed by atoms with Crippen molar-refractivity contribution in [1.82, 2.24) is 4.98 Å². The number of rotatable bonds is 8. The summed E-state index contributed by atoms with van der Waals surface area (Å²) in [5, 5.41) is 3.20. The second-order valence-electron chi connectivity index (χ2n) is 4.37. The van der Waals surface area contributed by atoms with E-state index in [9.17, 15) is 4.79 Å². The molecule has 0 aromatic carbocycles. The van der Waals surface area contributed by atoms with E-state index in [1.165, 1.54) is 0 Å². The Labute approximate surface area is 108 Å². The summed E-state index contributed by atoms with van der Waals surface area (Å²) in [6.07, 6.45) is 3.93. The number of ether oxygens (including phenoxy) is 1. The van der Waals surface area contributed by atoms with Crippen LogP contribution in [-0.4, -0.2) is 23.5 Å². The minimum absolute atomic E-state index is 0.115. The van der Waals surface area contributed by atoms with Gasteiger partial charge in [-0.05, 0) is 38.8 Å². The highest BCUT2D eigenvalue weighted by Gasteiger charge is 2.05. The third kappa shape index (κ3) is 5.52. The van der Waals surface area contributed by atoms with Crippen LogP contribution in [0.1, 0.15) is 33.1 Å². The zero-order valence-electron chi connectivity index (χ0n) is 11.0. The van der Waals surface area contributed by atoms with Crippen LogP contribution in [0.3, 0.4) is 0 Å². The monoisotopic (exact) mass is 251 g/mol. The smallest absolute Gasteiger partial charge is 0.217 e. The molecule has 0 bridgehead atoms. The number of hydrogen-bond acceptors (Lipinski definition) is 4. The molecule has 0 saturated heterocycles. The summed E-state index contributed by atoms with van der Waals surface area (Å²) in [6.45, 7) is 4.70. The lowest BCUT2D eigenvalue weighted by Crippen LogP contribution is -2.12. The summed E-state index contributed by atoms with van der Waals surface area (Å²) in [7, 11) is 0. The molecule has 1 aromatic rings.